The van der Waals surface area contributed by atoms with E-state index in [1.54, 1.807) is 18.4 Å². The molecular formula is C16H21NO4S. The summed E-state index contributed by atoms with van der Waals surface area (Å²) in [5.74, 6) is 0.835. The van der Waals surface area contributed by atoms with Crippen molar-refractivity contribution in [2.75, 3.05) is 19.8 Å². The summed E-state index contributed by atoms with van der Waals surface area (Å²) in [6.07, 6.45) is 2.09. The van der Waals surface area contributed by atoms with Crippen molar-refractivity contribution in [1.82, 2.24) is 4.90 Å². The Hall–Kier alpha value is -1.63. The first kappa shape index (κ1) is 16.7. The maximum atomic E-state index is 11.4. The van der Waals surface area contributed by atoms with Crippen LogP contribution in [0.3, 0.4) is 0 Å². The zero-order chi connectivity index (χ0) is 16.3. The van der Waals surface area contributed by atoms with Gasteiger partial charge in [-0.25, -0.2) is 8.42 Å². The van der Waals surface area contributed by atoms with Gasteiger partial charge in [-0.1, -0.05) is 12.1 Å². The maximum Gasteiger partial charge on any atom is 0.175 e. The molecule has 1 aromatic carbocycles. The molecule has 0 saturated carbocycles. The summed E-state index contributed by atoms with van der Waals surface area (Å²) < 4.78 is 28.2. The molecule has 0 saturated heterocycles. The Morgan fingerprint density at radius 1 is 1.23 bits per heavy atom. The maximum absolute atomic E-state index is 11.4. The van der Waals surface area contributed by atoms with Crippen molar-refractivity contribution >= 4 is 9.84 Å². The van der Waals surface area contributed by atoms with Gasteiger partial charge in [-0.2, -0.15) is 0 Å². The third-order valence-corrected chi connectivity index (χ3v) is 4.90. The Labute approximate surface area is 131 Å². The highest BCUT2D eigenvalue weighted by molar-refractivity contribution is 7.90. The zero-order valence-electron chi connectivity index (χ0n) is 12.9. The van der Waals surface area contributed by atoms with Gasteiger partial charge in [0.05, 0.1) is 23.3 Å². The molecule has 2 atom stereocenters. The molecule has 6 heteroatoms. The first-order chi connectivity index (χ1) is 10.3. The van der Waals surface area contributed by atoms with Gasteiger partial charge < -0.3 is 9.52 Å². The fourth-order valence-corrected chi connectivity index (χ4v) is 2.85. The van der Waals surface area contributed by atoms with Crippen molar-refractivity contribution in [3.8, 4) is 0 Å². The summed E-state index contributed by atoms with van der Waals surface area (Å²) in [6.45, 7) is 2.42. The molecule has 0 radical (unpaired) electrons. The van der Waals surface area contributed by atoms with E-state index >= 15 is 0 Å². The molecular weight excluding hydrogens is 302 g/mol. The molecule has 2 rings (SSSR count). The summed E-state index contributed by atoms with van der Waals surface area (Å²) in [5.41, 5.74) is 0.686. The van der Waals surface area contributed by atoms with Crippen LogP contribution in [0.25, 0.3) is 0 Å². The smallest absolute Gasteiger partial charge is 0.175 e. The second-order valence-corrected chi connectivity index (χ2v) is 7.50. The van der Waals surface area contributed by atoms with Crippen molar-refractivity contribution in [1.29, 1.82) is 0 Å². The lowest BCUT2D eigenvalue weighted by molar-refractivity contribution is 0.102. The van der Waals surface area contributed by atoms with E-state index in [0.717, 1.165) is 12.0 Å². The number of likely N-dealkylation sites (N-methyl/N-ethyl adjacent to an activating group) is 1. The Morgan fingerprint density at radius 2 is 1.86 bits per heavy atom. The lowest BCUT2D eigenvalue weighted by atomic mass is 10.1. The quantitative estimate of drug-likeness (QED) is 0.884. The average Bonchev–Trinajstić information content (AvgIpc) is 2.99. The summed E-state index contributed by atoms with van der Waals surface area (Å²) in [6, 6.07) is 10.1. The van der Waals surface area contributed by atoms with E-state index < -0.39 is 15.9 Å². The Kier molecular flexibility index (Phi) is 5.05. The molecule has 120 valence electrons. The third kappa shape index (κ3) is 3.97. The topological polar surface area (TPSA) is 70.8 Å². The highest BCUT2D eigenvalue weighted by Gasteiger charge is 2.18. The summed E-state index contributed by atoms with van der Waals surface area (Å²) in [4.78, 5) is 2.23. The lowest BCUT2D eigenvalue weighted by Gasteiger charge is -2.25. The van der Waals surface area contributed by atoms with Crippen molar-refractivity contribution in [2.24, 2.45) is 0 Å². The van der Waals surface area contributed by atoms with Crippen molar-refractivity contribution in [3.05, 3.63) is 54.0 Å². The van der Waals surface area contributed by atoms with Crippen LogP contribution in [0, 0.1) is 0 Å². The first-order valence-electron chi connectivity index (χ1n) is 7.01. The van der Waals surface area contributed by atoms with Crippen LogP contribution in [0.1, 0.15) is 30.4 Å². The fraction of sp³-hybridized carbons (Fsp3) is 0.375. The van der Waals surface area contributed by atoms with Gasteiger partial charge in [0.1, 0.15) is 5.76 Å². The van der Waals surface area contributed by atoms with Gasteiger partial charge >= 0.3 is 0 Å². The van der Waals surface area contributed by atoms with Gasteiger partial charge in [-0.15, -0.1) is 0 Å². The molecule has 2 aromatic rings. The number of hydrogen-bond acceptors (Lipinski definition) is 5. The lowest BCUT2D eigenvalue weighted by Crippen LogP contribution is -2.27. The van der Waals surface area contributed by atoms with Crippen LogP contribution >= 0.6 is 0 Å². The van der Waals surface area contributed by atoms with Crippen LogP contribution in [0.2, 0.25) is 0 Å². The van der Waals surface area contributed by atoms with Gasteiger partial charge in [0.2, 0.25) is 0 Å². The standard InChI is InChI=1S/C16H21NO4S/c1-12(16-5-4-10-21-16)17(2)11-15(18)13-6-8-14(9-7-13)22(3,19)20/h4-10,12,15,18H,11H2,1-3H3. The highest BCUT2D eigenvalue weighted by Crippen LogP contribution is 2.23. The van der Waals surface area contributed by atoms with Crippen LogP contribution in [0.5, 0.6) is 0 Å². The van der Waals surface area contributed by atoms with E-state index in [4.69, 9.17) is 4.42 Å². The predicted molar refractivity (Wildman–Crippen MR) is 84.3 cm³/mol. The van der Waals surface area contributed by atoms with Gasteiger partial charge in [0.25, 0.3) is 0 Å². The van der Waals surface area contributed by atoms with Gasteiger partial charge in [0, 0.05) is 12.8 Å². The van der Waals surface area contributed by atoms with Crippen molar-refractivity contribution in [2.45, 2.75) is 24.0 Å². The molecule has 5 nitrogen and oxygen atoms in total. The van der Waals surface area contributed by atoms with Crippen molar-refractivity contribution < 1.29 is 17.9 Å². The second kappa shape index (κ2) is 6.64. The number of nitrogens with zero attached hydrogens (tertiary/aromatic N) is 1. The second-order valence-electron chi connectivity index (χ2n) is 5.49. The molecule has 0 bridgehead atoms. The fourth-order valence-electron chi connectivity index (χ4n) is 2.22. The number of rotatable bonds is 6. The minimum absolute atomic E-state index is 0.0416. The Morgan fingerprint density at radius 3 is 2.36 bits per heavy atom. The SMILES string of the molecule is CC(c1ccco1)N(C)CC(O)c1ccc(S(C)(=O)=O)cc1. The molecule has 0 aliphatic heterocycles. The van der Waals surface area contributed by atoms with E-state index in [9.17, 15) is 13.5 Å². The van der Waals surface area contributed by atoms with E-state index in [1.807, 2.05) is 31.0 Å². The molecule has 1 N–H and O–H groups in total. The number of furan rings is 1. The van der Waals surface area contributed by atoms with Crippen LogP contribution in [-0.2, 0) is 9.84 Å². The monoisotopic (exact) mass is 323 g/mol. The number of hydrogen-bond donors (Lipinski definition) is 1. The molecule has 1 aromatic heterocycles. The molecule has 0 aliphatic rings. The van der Waals surface area contributed by atoms with Crippen LogP contribution in [0.15, 0.2) is 52.0 Å². The van der Waals surface area contributed by atoms with Crippen LogP contribution in [0.4, 0.5) is 0 Å². The average molecular weight is 323 g/mol. The van der Waals surface area contributed by atoms with Gasteiger partial charge in [-0.3, -0.25) is 4.90 Å². The summed E-state index contributed by atoms with van der Waals surface area (Å²) in [5, 5.41) is 10.3. The predicted octanol–water partition coefficient (Wildman–Crippen LogP) is 2.41. The van der Waals surface area contributed by atoms with Crippen LogP contribution in [-0.4, -0.2) is 38.3 Å². The molecule has 0 aliphatic carbocycles. The first-order valence-corrected chi connectivity index (χ1v) is 8.90. The number of aliphatic hydroxyl groups excluding tert-OH is 1. The normalized spacial score (nSPS) is 15.0. The minimum atomic E-state index is -3.22. The molecule has 2 unspecified atom stereocenters. The minimum Gasteiger partial charge on any atom is -0.468 e. The number of sulfone groups is 1. The Bertz CT molecular complexity index is 692. The van der Waals surface area contributed by atoms with E-state index in [2.05, 4.69) is 0 Å². The third-order valence-electron chi connectivity index (χ3n) is 3.77. The molecule has 0 fully saturated rings. The zero-order valence-corrected chi connectivity index (χ0v) is 13.7. The molecule has 0 amide bonds. The van der Waals surface area contributed by atoms with Gasteiger partial charge in [-0.05, 0) is 43.8 Å². The van der Waals surface area contributed by atoms with Crippen LogP contribution < -0.4 is 0 Å². The molecule has 1 heterocycles. The van der Waals surface area contributed by atoms with E-state index in [0.29, 0.717) is 12.1 Å². The Balaban J connectivity index is 2.04. The number of benzene rings is 1. The van der Waals surface area contributed by atoms with Gasteiger partial charge in [0.15, 0.2) is 9.84 Å². The van der Waals surface area contributed by atoms with E-state index in [1.165, 1.54) is 12.1 Å². The highest BCUT2D eigenvalue weighted by atomic mass is 32.2. The molecule has 0 spiro atoms. The summed E-state index contributed by atoms with van der Waals surface area (Å²) in [7, 11) is -1.31. The van der Waals surface area contributed by atoms with E-state index in [-0.39, 0.29) is 10.9 Å². The van der Waals surface area contributed by atoms with Crippen molar-refractivity contribution in [3.63, 3.8) is 0 Å². The largest absolute Gasteiger partial charge is 0.468 e. The molecule has 22 heavy (non-hydrogen) atoms. The number of aliphatic hydroxyl groups is 1. The summed E-state index contributed by atoms with van der Waals surface area (Å²) >= 11 is 0.